The summed E-state index contributed by atoms with van der Waals surface area (Å²) in [5, 5.41) is 9.89. The lowest BCUT2D eigenvalue weighted by atomic mass is 9.83. The zero-order valence-electron chi connectivity index (χ0n) is 8.80. The van der Waals surface area contributed by atoms with Gasteiger partial charge in [-0.1, -0.05) is 19.9 Å². The fourth-order valence-electron chi connectivity index (χ4n) is 1.25. The van der Waals surface area contributed by atoms with E-state index in [0.29, 0.717) is 5.56 Å². The third-order valence-corrected chi connectivity index (χ3v) is 2.53. The molecule has 1 aromatic rings. The van der Waals surface area contributed by atoms with Gasteiger partial charge in [0.25, 0.3) is 0 Å². The summed E-state index contributed by atoms with van der Waals surface area (Å²) in [6.45, 7) is 3.78. The average Bonchev–Trinajstić information content (AvgIpc) is 2.21. The molecule has 0 heterocycles. The summed E-state index contributed by atoms with van der Waals surface area (Å²) in [4.78, 5) is 0. The number of rotatable bonds is 3. The van der Waals surface area contributed by atoms with E-state index in [-0.39, 0.29) is 6.54 Å². The van der Waals surface area contributed by atoms with E-state index in [0.717, 1.165) is 12.1 Å². The van der Waals surface area contributed by atoms with Gasteiger partial charge in [0, 0.05) is 12.0 Å². The minimum absolute atomic E-state index is 0.257. The molecule has 1 atom stereocenters. The largest absolute Gasteiger partial charge is 0.388 e. The molecule has 0 saturated heterocycles. The van der Waals surface area contributed by atoms with Crippen molar-refractivity contribution in [2.75, 3.05) is 6.54 Å². The van der Waals surface area contributed by atoms with Gasteiger partial charge in [-0.25, -0.2) is 8.78 Å². The smallest absolute Gasteiger partial charge is 0.159 e. The fraction of sp³-hybridized carbons (Fsp3) is 0.455. The van der Waals surface area contributed by atoms with Crippen LogP contribution in [0.25, 0.3) is 0 Å². The van der Waals surface area contributed by atoms with Crippen molar-refractivity contribution in [3.63, 3.8) is 0 Å². The Labute approximate surface area is 87.7 Å². The van der Waals surface area contributed by atoms with Gasteiger partial charge in [0.05, 0.1) is 6.10 Å². The molecule has 0 aromatic heterocycles. The lowest BCUT2D eigenvalue weighted by Crippen LogP contribution is -2.30. The third-order valence-electron chi connectivity index (χ3n) is 2.53. The first-order chi connectivity index (χ1) is 6.88. The van der Waals surface area contributed by atoms with Gasteiger partial charge in [-0.05, 0) is 17.7 Å². The van der Waals surface area contributed by atoms with Crippen molar-refractivity contribution in [2.24, 2.45) is 11.1 Å². The predicted molar refractivity (Wildman–Crippen MR) is 54.2 cm³/mol. The maximum Gasteiger partial charge on any atom is 0.159 e. The standard InChI is InChI=1S/C11H15F2NO/c1-11(2,6-14)10(15)7-3-4-8(12)9(13)5-7/h3-5,10,15H,6,14H2,1-2H3. The van der Waals surface area contributed by atoms with Crippen molar-refractivity contribution in [1.29, 1.82) is 0 Å². The molecule has 0 aliphatic carbocycles. The van der Waals surface area contributed by atoms with E-state index < -0.39 is 23.2 Å². The first-order valence-electron chi connectivity index (χ1n) is 4.71. The summed E-state index contributed by atoms with van der Waals surface area (Å²) in [6, 6.07) is 3.36. The molecule has 4 heteroatoms. The molecule has 1 aromatic carbocycles. The predicted octanol–water partition coefficient (Wildman–Crippen LogP) is 1.98. The SMILES string of the molecule is CC(C)(CN)C(O)c1ccc(F)c(F)c1. The van der Waals surface area contributed by atoms with Gasteiger partial charge in [0.1, 0.15) is 0 Å². The van der Waals surface area contributed by atoms with E-state index in [1.165, 1.54) is 6.07 Å². The van der Waals surface area contributed by atoms with Gasteiger partial charge in [0.2, 0.25) is 0 Å². The van der Waals surface area contributed by atoms with Crippen molar-refractivity contribution in [2.45, 2.75) is 20.0 Å². The highest BCUT2D eigenvalue weighted by Gasteiger charge is 2.28. The van der Waals surface area contributed by atoms with E-state index >= 15 is 0 Å². The molecular formula is C11H15F2NO. The summed E-state index contributed by atoms with van der Waals surface area (Å²) in [6.07, 6.45) is -0.905. The monoisotopic (exact) mass is 215 g/mol. The molecule has 0 fully saturated rings. The normalized spacial score (nSPS) is 14.0. The van der Waals surface area contributed by atoms with E-state index in [1.54, 1.807) is 13.8 Å². The summed E-state index contributed by atoms with van der Waals surface area (Å²) in [7, 11) is 0. The molecule has 0 bridgehead atoms. The average molecular weight is 215 g/mol. The lowest BCUT2D eigenvalue weighted by Gasteiger charge is -2.29. The molecule has 1 rings (SSSR count). The highest BCUT2D eigenvalue weighted by atomic mass is 19.2. The molecule has 15 heavy (non-hydrogen) atoms. The Morgan fingerprint density at radius 1 is 1.33 bits per heavy atom. The van der Waals surface area contributed by atoms with Gasteiger partial charge < -0.3 is 10.8 Å². The summed E-state index contributed by atoms with van der Waals surface area (Å²) >= 11 is 0. The first kappa shape index (κ1) is 12.1. The fourth-order valence-corrected chi connectivity index (χ4v) is 1.25. The molecule has 1 unspecified atom stereocenters. The van der Waals surface area contributed by atoms with Crippen LogP contribution in [0.4, 0.5) is 8.78 Å². The van der Waals surface area contributed by atoms with Gasteiger partial charge in [0.15, 0.2) is 11.6 Å². The van der Waals surface area contributed by atoms with Crippen LogP contribution >= 0.6 is 0 Å². The van der Waals surface area contributed by atoms with Crippen LogP contribution in [-0.2, 0) is 0 Å². The second-order valence-corrected chi connectivity index (χ2v) is 4.27. The Hall–Kier alpha value is -1.00. The van der Waals surface area contributed by atoms with Gasteiger partial charge in [-0.2, -0.15) is 0 Å². The summed E-state index contributed by atoms with van der Waals surface area (Å²) in [5.74, 6) is -1.88. The number of nitrogens with two attached hydrogens (primary N) is 1. The van der Waals surface area contributed by atoms with Gasteiger partial charge >= 0.3 is 0 Å². The second-order valence-electron chi connectivity index (χ2n) is 4.27. The number of hydrogen-bond acceptors (Lipinski definition) is 2. The molecule has 0 radical (unpaired) electrons. The molecule has 0 amide bonds. The second kappa shape index (κ2) is 4.24. The zero-order chi connectivity index (χ0) is 11.6. The molecular weight excluding hydrogens is 200 g/mol. The van der Waals surface area contributed by atoms with Gasteiger partial charge in [-0.15, -0.1) is 0 Å². The number of halogens is 2. The number of hydrogen-bond donors (Lipinski definition) is 2. The molecule has 3 N–H and O–H groups in total. The van der Waals surface area contributed by atoms with E-state index in [2.05, 4.69) is 0 Å². The number of aliphatic hydroxyl groups excluding tert-OH is 1. The Kier molecular flexibility index (Phi) is 3.42. The molecule has 2 nitrogen and oxygen atoms in total. The Morgan fingerprint density at radius 3 is 2.40 bits per heavy atom. The molecule has 0 aliphatic rings. The van der Waals surface area contributed by atoms with Crippen LogP contribution < -0.4 is 5.73 Å². The topological polar surface area (TPSA) is 46.2 Å². The Morgan fingerprint density at radius 2 is 1.93 bits per heavy atom. The van der Waals surface area contributed by atoms with Crippen molar-refractivity contribution < 1.29 is 13.9 Å². The van der Waals surface area contributed by atoms with Crippen LogP contribution in [0, 0.1) is 17.0 Å². The number of aliphatic hydroxyl groups is 1. The Bertz CT molecular complexity index is 352. The van der Waals surface area contributed by atoms with Crippen LogP contribution in [-0.4, -0.2) is 11.7 Å². The maximum atomic E-state index is 12.9. The van der Waals surface area contributed by atoms with Crippen LogP contribution in [0.3, 0.4) is 0 Å². The van der Waals surface area contributed by atoms with Gasteiger partial charge in [-0.3, -0.25) is 0 Å². The van der Waals surface area contributed by atoms with E-state index in [1.807, 2.05) is 0 Å². The van der Waals surface area contributed by atoms with Crippen molar-refractivity contribution in [3.8, 4) is 0 Å². The molecule has 0 saturated carbocycles. The minimum atomic E-state index is -0.959. The van der Waals surface area contributed by atoms with E-state index in [4.69, 9.17) is 5.73 Å². The van der Waals surface area contributed by atoms with Crippen molar-refractivity contribution >= 4 is 0 Å². The maximum absolute atomic E-state index is 12.9. The summed E-state index contributed by atoms with van der Waals surface area (Å²) < 4.78 is 25.6. The van der Waals surface area contributed by atoms with Crippen LogP contribution in [0.15, 0.2) is 18.2 Å². The minimum Gasteiger partial charge on any atom is -0.388 e. The van der Waals surface area contributed by atoms with E-state index in [9.17, 15) is 13.9 Å². The number of benzene rings is 1. The first-order valence-corrected chi connectivity index (χ1v) is 4.71. The van der Waals surface area contributed by atoms with Crippen molar-refractivity contribution in [1.82, 2.24) is 0 Å². The van der Waals surface area contributed by atoms with Crippen molar-refractivity contribution in [3.05, 3.63) is 35.4 Å². The molecule has 0 spiro atoms. The highest BCUT2D eigenvalue weighted by Crippen LogP contribution is 2.32. The van der Waals surface area contributed by atoms with Crippen LogP contribution in [0.1, 0.15) is 25.5 Å². The lowest BCUT2D eigenvalue weighted by molar-refractivity contribution is 0.0551. The quantitative estimate of drug-likeness (QED) is 0.809. The third kappa shape index (κ3) is 2.52. The Balaban J connectivity index is 3.02. The highest BCUT2D eigenvalue weighted by molar-refractivity contribution is 5.21. The zero-order valence-corrected chi connectivity index (χ0v) is 8.80. The molecule has 84 valence electrons. The van der Waals surface area contributed by atoms with Crippen LogP contribution in [0.2, 0.25) is 0 Å². The summed E-state index contributed by atoms with van der Waals surface area (Å²) in [5.41, 5.74) is 5.26. The molecule has 0 aliphatic heterocycles. The van der Waals surface area contributed by atoms with Crippen LogP contribution in [0.5, 0.6) is 0 Å².